The lowest BCUT2D eigenvalue weighted by atomic mass is 10.1. The SMILES string of the molecule is CC(C)CN1CCNC[C@@H]1C. The van der Waals surface area contributed by atoms with Gasteiger partial charge in [-0.15, -0.1) is 0 Å². The molecule has 1 N–H and O–H groups in total. The maximum absolute atomic E-state index is 3.40. The predicted molar refractivity (Wildman–Crippen MR) is 48.7 cm³/mol. The van der Waals surface area contributed by atoms with Crippen molar-refractivity contribution in [2.45, 2.75) is 26.8 Å². The standard InChI is InChI=1S/C9H20N2/c1-8(2)7-11-5-4-10-6-9(11)3/h8-10H,4-7H2,1-3H3/t9-/m0/s1. The van der Waals surface area contributed by atoms with Gasteiger partial charge in [0.15, 0.2) is 0 Å². The zero-order valence-corrected chi connectivity index (χ0v) is 7.93. The fourth-order valence-electron chi connectivity index (χ4n) is 1.62. The predicted octanol–water partition coefficient (Wildman–Crippen LogP) is 0.936. The van der Waals surface area contributed by atoms with Gasteiger partial charge in [0.05, 0.1) is 0 Å². The van der Waals surface area contributed by atoms with Crippen LogP contribution in [-0.2, 0) is 0 Å². The summed E-state index contributed by atoms with van der Waals surface area (Å²) in [5, 5.41) is 3.40. The molecule has 1 atom stereocenters. The number of nitrogens with one attached hydrogen (secondary N) is 1. The molecule has 0 spiro atoms. The molecule has 1 aliphatic rings. The summed E-state index contributed by atoms with van der Waals surface area (Å²) in [6, 6.07) is 0.728. The minimum Gasteiger partial charge on any atom is -0.314 e. The van der Waals surface area contributed by atoms with E-state index >= 15 is 0 Å². The molecule has 0 aromatic heterocycles. The Labute approximate surface area is 70.0 Å². The smallest absolute Gasteiger partial charge is 0.0193 e. The van der Waals surface area contributed by atoms with Crippen LogP contribution in [0.4, 0.5) is 0 Å². The first kappa shape index (κ1) is 9.01. The van der Waals surface area contributed by atoms with E-state index in [1.54, 1.807) is 0 Å². The summed E-state index contributed by atoms with van der Waals surface area (Å²) in [6.07, 6.45) is 0. The molecule has 1 aliphatic heterocycles. The highest BCUT2D eigenvalue weighted by Crippen LogP contribution is 2.05. The van der Waals surface area contributed by atoms with E-state index in [0.29, 0.717) is 0 Å². The highest BCUT2D eigenvalue weighted by Gasteiger charge is 2.17. The Morgan fingerprint density at radius 3 is 2.82 bits per heavy atom. The van der Waals surface area contributed by atoms with Crippen LogP contribution in [0.15, 0.2) is 0 Å². The quantitative estimate of drug-likeness (QED) is 0.640. The summed E-state index contributed by atoms with van der Waals surface area (Å²) < 4.78 is 0. The number of hydrogen-bond acceptors (Lipinski definition) is 2. The fourth-order valence-corrected chi connectivity index (χ4v) is 1.62. The lowest BCUT2D eigenvalue weighted by Crippen LogP contribution is -2.50. The third-order valence-electron chi connectivity index (χ3n) is 2.24. The van der Waals surface area contributed by atoms with E-state index in [9.17, 15) is 0 Å². The van der Waals surface area contributed by atoms with Gasteiger partial charge < -0.3 is 5.32 Å². The Kier molecular flexibility index (Phi) is 3.34. The van der Waals surface area contributed by atoms with E-state index in [1.165, 1.54) is 13.1 Å². The average molecular weight is 156 g/mol. The third kappa shape index (κ3) is 2.80. The maximum atomic E-state index is 3.40. The van der Waals surface area contributed by atoms with E-state index in [0.717, 1.165) is 25.0 Å². The van der Waals surface area contributed by atoms with Crippen LogP contribution in [0, 0.1) is 5.92 Å². The molecular weight excluding hydrogens is 136 g/mol. The highest BCUT2D eigenvalue weighted by atomic mass is 15.2. The summed E-state index contributed by atoms with van der Waals surface area (Å²) in [4.78, 5) is 2.57. The van der Waals surface area contributed by atoms with Crippen LogP contribution >= 0.6 is 0 Å². The van der Waals surface area contributed by atoms with Crippen molar-refractivity contribution in [2.75, 3.05) is 26.2 Å². The molecule has 1 heterocycles. The molecule has 2 nitrogen and oxygen atoms in total. The van der Waals surface area contributed by atoms with Crippen LogP contribution in [0.5, 0.6) is 0 Å². The van der Waals surface area contributed by atoms with Gasteiger partial charge in [0.1, 0.15) is 0 Å². The van der Waals surface area contributed by atoms with Crippen molar-refractivity contribution in [3.63, 3.8) is 0 Å². The van der Waals surface area contributed by atoms with Gasteiger partial charge in [0.25, 0.3) is 0 Å². The molecule has 0 radical (unpaired) electrons. The van der Waals surface area contributed by atoms with Crippen molar-refractivity contribution in [3.8, 4) is 0 Å². The van der Waals surface area contributed by atoms with E-state index < -0.39 is 0 Å². The van der Waals surface area contributed by atoms with Gasteiger partial charge in [-0.25, -0.2) is 0 Å². The molecule has 1 saturated heterocycles. The van der Waals surface area contributed by atoms with Crippen LogP contribution in [0.2, 0.25) is 0 Å². The Bertz CT molecular complexity index is 112. The minimum atomic E-state index is 0.728. The van der Waals surface area contributed by atoms with Gasteiger partial charge in [-0.05, 0) is 12.8 Å². The molecule has 0 amide bonds. The fraction of sp³-hybridized carbons (Fsp3) is 1.00. The zero-order chi connectivity index (χ0) is 8.27. The van der Waals surface area contributed by atoms with Crippen molar-refractivity contribution in [1.29, 1.82) is 0 Å². The molecule has 0 bridgehead atoms. The molecular formula is C9H20N2. The second-order valence-corrected chi connectivity index (χ2v) is 3.94. The van der Waals surface area contributed by atoms with Gasteiger partial charge in [0, 0.05) is 32.2 Å². The van der Waals surface area contributed by atoms with E-state index in [2.05, 4.69) is 31.0 Å². The second-order valence-electron chi connectivity index (χ2n) is 3.94. The molecule has 2 heteroatoms. The topological polar surface area (TPSA) is 15.3 Å². The first-order chi connectivity index (χ1) is 5.20. The van der Waals surface area contributed by atoms with Crippen molar-refractivity contribution in [2.24, 2.45) is 5.92 Å². The summed E-state index contributed by atoms with van der Waals surface area (Å²) in [5.41, 5.74) is 0. The average Bonchev–Trinajstić information content (AvgIpc) is 1.93. The lowest BCUT2D eigenvalue weighted by Gasteiger charge is -2.34. The van der Waals surface area contributed by atoms with Gasteiger partial charge >= 0.3 is 0 Å². The summed E-state index contributed by atoms with van der Waals surface area (Å²) in [6.45, 7) is 11.7. The van der Waals surface area contributed by atoms with Crippen molar-refractivity contribution in [3.05, 3.63) is 0 Å². The van der Waals surface area contributed by atoms with Gasteiger partial charge in [-0.3, -0.25) is 4.90 Å². The largest absolute Gasteiger partial charge is 0.314 e. The molecule has 1 fully saturated rings. The first-order valence-corrected chi connectivity index (χ1v) is 4.65. The molecule has 11 heavy (non-hydrogen) atoms. The van der Waals surface area contributed by atoms with E-state index in [-0.39, 0.29) is 0 Å². The molecule has 1 rings (SSSR count). The van der Waals surface area contributed by atoms with Crippen molar-refractivity contribution < 1.29 is 0 Å². The highest BCUT2D eigenvalue weighted by molar-refractivity contribution is 4.76. The van der Waals surface area contributed by atoms with Crippen LogP contribution in [-0.4, -0.2) is 37.1 Å². The molecule has 0 saturated carbocycles. The Morgan fingerprint density at radius 1 is 1.55 bits per heavy atom. The van der Waals surface area contributed by atoms with Crippen LogP contribution in [0.1, 0.15) is 20.8 Å². The summed E-state index contributed by atoms with van der Waals surface area (Å²) in [7, 11) is 0. The molecule has 0 aliphatic carbocycles. The monoisotopic (exact) mass is 156 g/mol. The molecule has 0 unspecified atom stereocenters. The number of hydrogen-bond donors (Lipinski definition) is 1. The van der Waals surface area contributed by atoms with E-state index in [4.69, 9.17) is 0 Å². The van der Waals surface area contributed by atoms with E-state index in [1.807, 2.05) is 0 Å². The number of rotatable bonds is 2. The van der Waals surface area contributed by atoms with Gasteiger partial charge in [0.2, 0.25) is 0 Å². The Hall–Kier alpha value is -0.0800. The Morgan fingerprint density at radius 2 is 2.27 bits per heavy atom. The Balaban J connectivity index is 2.29. The third-order valence-corrected chi connectivity index (χ3v) is 2.24. The second kappa shape index (κ2) is 4.07. The van der Waals surface area contributed by atoms with Gasteiger partial charge in [-0.1, -0.05) is 13.8 Å². The van der Waals surface area contributed by atoms with Crippen molar-refractivity contribution >= 4 is 0 Å². The number of nitrogens with zero attached hydrogens (tertiary/aromatic N) is 1. The zero-order valence-electron chi connectivity index (χ0n) is 7.93. The maximum Gasteiger partial charge on any atom is 0.0193 e. The first-order valence-electron chi connectivity index (χ1n) is 4.65. The van der Waals surface area contributed by atoms with Gasteiger partial charge in [-0.2, -0.15) is 0 Å². The van der Waals surface area contributed by atoms with Crippen LogP contribution in [0.3, 0.4) is 0 Å². The van der Waals surface area contributed by atoms with Crippen molar-refractivity contribution in [1.82, 2.24) is 10.2 Å². The minimum absolute atomic E-state index is 0.728. The summed E-state index contributed by atoms with van der Waals surface area (Å²) in [5.74, 6) is 0.801. The summed E-state index contributed by atoms with van der Waals surface area (Å²) >= 11 is 0. The van der Waals surface area contributed by atoms with Crippen LogP contribution in [0.25, 0.3) is 0 Å². The molecule has 66 valence electrons. The normalized spacial score (nSPS) is 27.8. The number of piperazine rings is 1. The molecule has 0 aromatic rings. The molecule has 0 aromatic carbocycles. The van der Waals surface area contributed by atoms with Crippen LogP contribution < -0.4 is 5.32 Å². The lowest BCUT2D eigenvalue weighted by molar-refractivity contribution is 0.156.